The summed E-state index contributed by atoms with van der Waals surface area (Å²) in [6, 6.07) is 3.77. The van der Waals surface area contributed by atoms with Crippen LogP contribution in [-0.4, -0.2) is 40.8 Å². The molecule has 1 fully saturated rings. The minimum absolute atomic E-state index is 0.156. The average Bonchev–Trinajstić information content (AvgIpc) is 2.48. The maximum atomic E-state index is 12.1. The fraction of sp³-hybridized carbons (Fsp3) is 0.647. The first-order valence-electron chi connectivity index (χ1n) is 8.08. The molecule has 0 unspecified atom stereocenters. The number of amides is 1. The number of rotatable bonds is 3. The number of carbonyl (C=O) groups excluding carboxylic acids is 1. The van der Waals surface area contributed by atoms with Crippen LogP contribution in [0.15, 0.2) is 18.3 Å². The van der Waals surface area contributed by atoms with Crippen LogP contribution >= 0.6 is 0 Å². The van der Waals surface area contributed by atoms with Crippen molar-refractivity contribution in [1.29, 1.82) is 0 Å². The molecule has 1 aliphatic carbocycles. The second-order valence-corrected chi connectivity index (χ2v) is 7.06. The molecule has 0 aliphatic heterocycles. The normalized spacial score (nSPS) is 21.6. The van der Waals surface area contributed by atoms with Gasteiger partial charge in [0.2, 0.25) is 0 Å². The highest BCUT2D eigenvalue weighted by Gasteiger charge is 2.30. The van der Waals surface area contributed by atoms with Crippen LogP contribution in [-0.2, 0) is 4.74 Å². The van der Waals surface area contributed by atoms with Gasteiger partial charge in [0.1, 0.15) is 17.2 Å². The van der Waals surface area contributed by atoms with E-state index in [0.29, 0.717) is 5.82 Å². The average molecular weight is 321 g/mol. The number of nitrogens with zero attached hydrogens (tertiary/aromatic N) is 2. The number of ether oxygens (including phenoxy) is 2. The SMILES string of the molecule is CN(C(=O)OC(C)(C)C)C1CCC(Oc2ccc(N)nc2)CC1. The molecule has 6 heteroatoms. The quantitative estimate of drug-likeness (QED) is 0.925. The lowest BCUT2D eigenvalue weighted by atomic mass is 9.92. The number of nitrogen functional groups attached to an aromatic ring is 1. The van der Waals surface area contributed by atoms with Gasteiger partial charge in [0.25, 0.3) is 0 Å². The molecule has 1 heterocycles. The van der Waals surface area contributed by atoms with Gasteiger partial charge < -0.3 is 20.1 Å². The number of aromatic nitrogens is 1. The first-order valence-corrected chi connectivity index (χ1v) is 8.08. The molecular formula is C17H27N3O3. The van der Waals surface area contributed by atoms with E-state index in [4.69, 9.17) is 15.2 Å². The fourth-order valence-corrected chi connectivity index (χ4v) is 2.69. The Kier molecular flexibility index (Phi) is 5.34. The Labute approximate surface area is 138 Å². The van der Waals surface area contributed by atoms with Gasteiger partial charge >= 0.3 is 6.09 Å². The van der Waals surface area contributed by atoms with Crippen molar-refractivity contribution in [2.24, 2.45) is 0 Å². The smallest absolute Gasteiger partial charge is 0.410 e. The lowest BCUT2D eigenvalue weighted by Gasteiger charge is -2.35. The first-order chi connectivity index (χ1) is 10.7. The van der Waals surface area contributed by atoms with Crippen LogP contribution in [0.3, 0.4) is 0 Å². The standard InChI is InChI=1S/C17H27N3O3/c1-17(2,3)23-16(21)20(4)12-5-7-13(8-6-12)22-14-9-10-15(18)19-11-14/h9-13H,5-8H2,1-4H3,(H2,18,19). The minimum atomic E-state index is -0.464. The highest BCUT2D eigenvalue weighted by Crippen LogP contribution is 2.27. The Morgan fingerprint density at radius 3 is 2.43 bits per heavy atom. The van der Waals surface area contributed by atoms with E-state index in [0.717, 1.165) is 31.4 Å². The van der Waals surface area contributed by atoms with Crippen LogP contribution in [0.4, 0.5) is 10.6 Å². The van der Waals surface area contributed by atoms with Gasteiger partial charge in [-0.3, -0.25) is 0 Å². The number of nitrogens with two attached hydrogens (primary N) is 1. The van der Waals surface area contributed by atoms with Crippen molar-refractivity contribution in [2.45, 2.75) is 64.2 Å². The second kappa shape index (κ2) is 7.06. The highest BCUT2D eigenvalue weighted by molar-refractivity contribution is 5.68. The third-order valence-electron chi connectivity index (χ3n) is 3.93. The monoisotopic (exact) mass is 321 g/mol. The van der Waals surface area contributed by atoms with Crippen molar-refractivity contribution in [3.63, 3.8) is 0 Å². The number of pyridine rings is 1. The molecule has 0 aromatic carbocycles. The van der Waals surface area contributed by atoms with Crippen LogP contribution in [0, 0.1) is 0 Å². The zero-order valence-electron chi connectivity index (χ0n) is 14.4. The maximum Gasteiger partial charge on any atom is 0.410 e. The molecule has 1 amide bonds. The summed E-state index contributed by atoms with van der Waals surface area (Å²) in [6.07, 6.45) is 5.16. The van der Waals surface area contributed by atoms with Gasteiger partial charge in [0.15, 0.2) is 0 Å². The number of hydrogen-bond acceptors (Lipinski definition) is 5. The summed E-state index contributed by atoms with van der Waals surface area (Å²) in [5, 5.41) is 0. The van der Waals surface area contributed by atoms with Gasteiger partial charge in [0.05, 0.1) is 12.3 Å². The Morgan fingerprint density at radius 2 is 1.91 bits per heavy atom. The van der Waals surface area contributed by atoms with Gasteiger partial charge in [-0.15, -0.1) is 0 Å². The Morgan fingerprint density at radius 1 is 1.26 bits per heavy atom. The summed E-state index contributed by atoms with van der Waals surface area (Å²) in [4.78, 5) is 17.9. The summed E-state index contributed by atoms with van der Waals surface area (Å²) < 4.78 is 11.3. The van der Waals surface area contributed by atoms with Crippen molar-refractivity contribution < 1.29 is 14.3 Å². The van der Waals surface area contributed by atoms with Gasteiger partial charge in [-0.2, -0.15) is 0 Å². The largest absolute Gasteiger partial charge is 0.489 e. The van der Waals surface area contributed by atoms with Gasteiger partial charge in [-0.05, 0) is 58.6 Å². The molecule has 0 bridgehead atoms. The molecule has 0 radical (unpaired) electrons. The van der Waals surface area contributed by atoms with E-state index in [-0.39, 0.29) is 18.2 Å². The van der Waals surface area contributed by atoms with Crippen LogP contribution < -0.4 is 10.5 Å². The van der Waals surface area contributed by atoms with Crippen LogP contribution in [0.1, 0.15) is 46.5 Å². The molecule has 128 valence electrons. The van der Waals surface area contributed by atoms with Crippen molar-refractivity contribution in [3.05, 3.63) is 18.3 Å². The van der Waals surface area contributed by atoms with Crippen LogP contribution in [0.5, 0.6) is 5.75 Å². The van der Waals surface area contributed by atoms with E-state index in [1.165, 1.54) is 0 Å². The molecule has 0 saturated heterocycles. The third kappa shape index (κ3) is 5.30. The maximum absolute atomic E-state index is 12.1. The molecule has 1 aromatic heterocycles. The van der Waals surface area contributed by atoms with E-state index < -0.39 is 5.60 Å². The molecule has 1 saturated carbocycles. The zero-order valence-corrected chi connectivity index (χ0v) is 14.4. The molecule has 0 spiro atoms. The van der Waals surface area contributed by atoms with Crippen molar-refractivity contribution in [2.75, 3.05) is 12.8 Å². The predicted octanol–water partition coefficient (Wildman–Crippen LogP) is 3.22. The van der Waals surface area contributed by atoms with Gasteiger partial charge in [-0.25, -0.2) is 9.78 Å². The Hall–Kier alpha value is -1.98. The first kappa shape index (κ1) is 17.4. The number of anilines is 1. The molecule has 2 rings (SSSR count). The molecule has 0 atom stereocenters. The molecule has 2 N–H and O–H groups in total. The predicted molar refractivity (Wildman–Crippen MR) is 89.3 cm³/mol. The van der Waals surface area contributed by atoms with Crippen molar-refractivity contribution in [1.82, 2.24) is 9.88 Å². The summed E-state index contributed by atoms with van der Waals surface area (Å²) in [7, 11) is 1.81. The third-order valence-corrected chi connectivity index (χ3v) is 3.93. The number of carbonyl (C=O) groups is 1. The van der Waals surface area contributed by atoms with Crippen LogP contribution in [0.25, 0.3) is 0 Å². The summed E-state index contributed by atoms with van der Waals surface area (Å²) in [5.74, 6) is 1.23. The molecular weight excluding hydrogens is 294 g/mol. The fourth-order valence-electron chi connectivity index (χ4n) is 2.69. The van der Waals surface area contributed by atoms with E-state index >= 15 is 0 Å². The lowest BCUT2D eigenvalue weighted by Crippen LogP contribution is -2.43. The van der Waals surface area contributed by atoms with E-state index in [1.807, 2.05) is 33.9 Å². The Balaban J connectivity index is 1.81. The molecule has 6 nitrogen and oxygen atoms in total. The van der Waals surface area contributed by atoms with E-state index in [1.54, 1.807) is 17.2 Å². The Bertz CT molecular complexity index is 517. The summed E-state index contributed by atoms with van der Waals surface area (Å²) in [5.41, 5.74) is 5.10. The highest BCUT2D eigenvalue weighted by atomic mass is 16.6. The second-order valence-electron chi connectivity index (χ2n) is 7.06. The van der Waals surface area contributed by atoms with Crippen molar-refractivity contribution in [3.8, 4) is 5.75 Å². The van der Waals surface area contributed by atoms with Gasteiger partial charge in [-0.1, -0.05) is 0 Å². The van der Waals surface area contributed by atoms with Crippen molar-refractivity contribution >= 4 is 11.9 Å². The topological polar surface area (TPSA) is 77.7 Å². The lowest BCUT2D eigenvalue weighted by molar-refractivity contribution is 0.0139. The molecule has 23 heavy (non-hydrogen) atoms. The van der Waals surface area contributed by atoms with Crippen LogP contribution in [0.2, 0.25) is 0 Å². The minimum Gasteiger partial charge on any atom is -0.489 e. The summed E-state index contributed by atoms with van der Waals surface area (Å²) in [6.45, 7) is 5.64. The van der Waals surface area contributed by atoms with Gasteiger partial charge in [0, 0.05) is 13.1 Å². The van der Waals surface area contributed by atoms with E-state index in [9.17, 15) is 4.79 Å². The zero-order chi connectivity index (χ0) is 17.0. The van der Waals surface area contributed by atoms with E-state index in [2.05, 4.69) is 4.98 Å². The summed E-state index contributed by atoms with van der Waals surface area (Å²) >= 11 is 0. The molecule has 1 aromatic rings. The number of hydrogen-bond donors (Lipinski definition) is 1. The molecule has 1 aliphatic rings.